The molecule has 0 heterocycles. The minimum atomic E-state index is -1.61. The third kappa shape index (κ3) is 7.45. The Morgan fingerprint density at radius 1 is 0.793 bits per heavy atom. The Bertz CT molecular complexity index is 746. The molecule has 29 heavy (non-hydrogen) atoms. The molecule has 4 heteroatoms. The Morgan fingerprint density at radius 3 is 1.93 bits per heavy atom. The van der Waals surface area contributed by atoms with Crippen molar-refractivity contribution in [3.05, 3.63) is 65.7 Å². The first kappa shape index (κ1) is 23.4. The molecule has 2 aromatic rings. The molecule has 0 aliphatic heterocycles. The fourth-order valence-corrected chi connectivity index (χ4v) is 3.84. The highest BCUT2D eigenvalue weighted by Crippen LogP contribution is 2.36. The van der Waals surface area contributed by atoms with E-state index in [2.05, 4.69) is 33.9 Å². The molecule has 0 unspecified atom stereocenters. The van der Waals surface area contributed by atoms with Crippen molar-refractivity contribution in [1.29, 1.82) is 0 Å². The van der Waals surface area contributed by atoms with Gasteiger partial charge in [-0.1, -0.05) is 57.5 Å². The monoisotopic (exact) mass is 412 g/mol. The maximum Gasteiger partial charge on any atom is 0.193 e. The van der Waals surface area contributed by atoms with Gasteiger partial charge in [0.05, 0.1) is 6.61 Å². The minimum Gasteiger partial charge on any atom is -0.494 e. The predicted octanol–water partition coefficient (Wildman–Crippen LogP) is 6.88. The minimum absolute atomic E-state index is 0.0390. The van der Waals surface area contributed by atoms with Gasteiger partial charge >= 0.3 is 0 Å². The summed E-state index contributed by atoms with van der Waals surface area (Å²) in [6, 6.07) is 16.8. The Hall–Kier alpha value is -1.91. The molecule has 0 atom stereocenters. The van der Waals surface area contributed by atoms with Gasteiger partial charge in [0, 0.05) is 17.7 Å². The van der Waals surface area contributed by atoms with Crippen LogP contribution in [0.4, 0.5) is 0 Å². The summed E-state index contributed by atoms with van der Waals surface area (Å²) in [5.74, 6) is 0.855. The van der Waals surface area contributed by atoms with Crippen molar-refractivity contribution in [2.75, 3.05) is 13.2 Å². The molecule has 0 radical (unpaired) electrons. The van der Waals surface area contributed by atoms with Crippen LogP contribution >= 0.6 is 0 Å². The van der Waals surface area contributed by atoms with Crippen molar-refractivity contribution in [1.82, 2.24) is 0 Å². The standard InChI is InChI=1S/C25H36O3Si/c1-25(2,3)29(4,5)28-20-12-7-6-11-19-27-23-17-15-22(16-18-23)24(26)21-13-9-8-10-14-21/h8-10,13-18H,6-7,11-12,19-20H2,1-5H3. The van der Waals surface area contributed by atoms with Crippen LogP contribution in [0.25, 0.3) is 0 Å². The summed E-state index contributed by atoms with van der Waals surface area (Å²) in [7, 11) is -1.61. The summed E-state index contributed by atoms with van der Waals surface area (Å²) >= 11 is 0. The molecule has 0 aromatic heterocycles. The van der Waals surface area contributed by atoms with Gasteiger partial charge in [0.2, 0.25) is 0 Å². The van der Waals surface area contributed by atoms with Crippen molar-refractivity contribution in [2.45, 2.75) is 64.6 Å². The van der Waals surface area contributed by atoms with E-state index in [4.69, 9.17) is 9.16 Å². The maximum atomic E-state index is 12.4. The average molecular weight is 413 g/mol. The number of unbranched alkanes of at least 4 members (excludes halogenated alkanes) is 3. The Labute approximate surface area is 177 Å². The highest BCUT2D eigenvalue weighted by molar-refractivity contribution is 6.74. The van der Waals surface area contributed by atoms with Gasteiger partial charge in [-0.2, -0.15) is 0 Å². The molecular formula is C25H36O3Si. The van der Waals surface area contributed by atoms with Gasteiger partial charge < -0.3 is 9.16 Å². The van der Waals surface area contributed by atoms with Gasteiger partial charge in [0.1, 0.15) is 5.75 Å². The van der Waals surface area contributed by atoms with Crippen LogP contribution in [0, 0.1) is 0 Å². The lowest BCUT2D eigenvalue weighted by Crippen LogP contribution is -2.40. The molecule has 0 spiro atoms. The Morgan fingerprint density at radius 2 is 1.34 bits per heavy atom. The Kier molecular flexibility index (Phi) is 8.66. The first-order valence-electron chi connectivity index (χ1n) is 10.7. The maximum absolute atomic E-state index is 12.4. The number of ketones is 1. The van der Waals surface area contributed by atoms with Crippen LogP contribution in [0.1, 0.15) is 62.4 Å². The largest absolute Gasteiger partial charge is 0.494 e. The molecule has 0 aliphatic carbocycles. The zero-order chi connectivity index (χ0) is 21.3. The zero-order valence-corrected chi connectivity index (χ0v) is 19.7. The van der Waals surface area contributed by atoms with Crippen LogP contribution in [0.2, 0.25) is 18.1 Å². The topological polar surface area (TPSA) is 35.5 Å². The van der Waals surface area contributed by atoms with Gasteiger partial charge in [0.15, 0.2) is 14.1 Å². The summed E-state index contributed by atoms with van der Waals surface area (Å²) in [6.45, 7) is 13.0. The first-order chi connectivity index (χ1) is 13.7. The lowest BCUT2D eigenvalue weighted by atomic mass is 10.0. The van der Waals surface area contributed by atoms with Gasteiger partial charge in [0.25, 0.3) is 0 Å². The number of hydrogen-bond acceptors (Lipinski definition) is 3. The summed E-state index contributed by atoms with van der Waals surface area (Å²) < 4.78 is 12.0. The molecule has 0 bridgehead atoms. The summed E-state index contributed by atoms with van der Waals surface area (Å²) in [5, 5.41) is 0.280. The van der Waals surface area contributed by atoms with Gasteiger partial charge in [-0.3, -0.25) is 4.79 Å². The predicted molar refractivity (Wildman–Crippen MR) is 123 cm³/mol. The summed E-state index contributed by atoms with van der Waals surface area (Å²) in [4.78, 5) is 12.4. The van der Waals surface area contributed by atoms with E-state index >= 15 is 0 Å². The molecular weight excluding hydrogens is 376 g/mol. The van der Waals surface area contributed by atoms with Crippen molar-refractivity contribution in [2.24, 2.45) is 0 Å². The second kappa shape index (κ2) is 10.7. The van der Waals surface area contributed by atoms with Crippen LogP contribution in [0.3, 0.4) is 0 Å². The van der Waals surface area contributed by atoms with Gasteiger partial charge in [-0.05, 0) is 61.7 Å². The molecule has 2 rings (SSSR count). The molecule has 0 amide bonds. The second-order valence-electron chi connectivity index (χ2n) is 9.09. The van der Waals surface area contributed by atoms with Gasteiger partial charge in [-0.25, -0.2) is 0 Å². The third-order valence-corrected chi connectivity index (χ3v) is 10.3. The van der Waals surface area contributed by atoms with Crippen LogP contribution < -0.4 is 4.74 Å². The van der Waals surface area contributed by atoms with E-state index in [9.17, 15) is 4.79 Å². The number of carbonyl (C=O) groups excluding carboxylic acids is 1. The van der Waals surface area contributed by atoms with Crippen LogP contribution in [0.15, 0.2) is 54.6 Å². The smallest absolute Gasteiger partial charge is 0.193 e. The van der Waals surface area contributed by atoms with Crippen LogP contribution in [-0.2, 0) is 4.43 Å². The summed E-state index contributed by atoms with van der Waals surface area (Å²) in [5.41, 5.74) is 1.39. The molecule has 2 aromatic carbocycles. The number of ether oxygens (including phenoxy) is 1. The highest BCUT2D eigenvalue weighted by Gasteiger charge is 2.36. The quantitative estimate of drug-likeness (QED) is 0.229. The fraction of sp³-hybridized carbons (Fsp3) is 0.480. The van der Waals surface area contributed by atoms with Crippen molar-refractivity contribution >= 4 is 14.1 Å². The van der Waals surface area contributed by atoms with E-state index in [1.165, 1.54) is 6.42 Å². The Balaban J connectivity index is 1.62. The lowest BCUT2D eigenvalue weighted by molar-refractivity contribution is 0.103. The molecule has 3 nitrogen and oxygen atoms in total. The number of rotatable bonds is 11. The van der Waals surface area contributed by atoms with E-state index in [0.717, 1.165) is 31.6 Å². The molecule has 158 valence electrons. The fourth-order valence-electron chi connectivity index (χ4n) is 2.75. The SMILES string of the molecule is CC(C)(C)[Si](C)(C)OCCCCCCOc1ccc(C(=O)c2ccccc2)cc1. The van der Waals surface area contributed by atoms with E-state index < -0.39 is 8.32 Å². The molecule has 0 N–H and O–H groups in total. The molecule has 0 aliphatic rings. The zero-order valence-electron chi connectivity index (χ0n) is 18.7. The lowest BCUT2D eigenvalue weighted by Gasteiger charge is -2.36. The third-order valence-electron chi connectivity index (χ3n) is 5.73. The number of benzene rings is 2. The van der Waals surface area contributed by atoms with Crippen LogP contribution in [0.5, 0.6) is 5.75 Å². The number of carbonyl (C=O) groups is 1. The molecule has 0 saturated carbocycles. The number of hydrogen-bond donors (Lipinski definition) is 0. The van der Waals surface area contributed by atoms with Crippen molar-refractivity contribution in [3.8, 4) is 5.75 Å². The summed E-state index contributed by atoms with van der Waals surface area (Å²) in [6.07, 6.45) is 4.46. The second-order valence-corrected chi connectivity index (χ2v) is 13.9. The van der Waals surface area contributed by atoms with E-state index in [1.54, 1.807) is 0 Å². The van der Waals surface area contributed by atoms with E-state index in [-0.39, 0.29) is 10.8 Å². The normalized spacial score (nSPS) is 12.0. The highest BCUT2D eigenvalue weighted by atomic mass is 28.4. The molecule has 0 saturated heterocycles. The van der Waals surface area contributed by atoms with E-state index in [1.807, 2.05) is 54.6 Å². The van der Waals surface area contributed by atoms with Crippen LogP contribution in [-0.4, -0.2) is 27.3 Å². The van der Waals surface area contributed by atoms with Gasteiger partial charge in [-0.15, -0.1) is 0 Å². The molecule has 0 fully saturated rings. The van der Waals surface area contributed by atoms with E-state index in [0.29, 0.717) is 17.7 Å². The average Bonchev–Trinajstić information content (AvgIpc) is 2.69. The first-order valence-corrected chi connectivity index (χ1v) is 13.6. The van der Waals surface area contributed by atoms with Crippen molar-refractivity contribution < 1.29 is 14.0 Å². The van der Waals surface area contributed by atoms with Crippen molar-refractivity contribution in [3.63, 3.8) is 0 Å².